The molecule has 0 unspecified atom stereocenters. The number of carbonyl (C=O) groups excluding carboxylic acids is 1. The molecule has 0 aliphatic carbocycles. The van der Waals surface area contributed by atoms with Crippen LogP contribution in [0.5, 0.6) is 5.75 Å². The Balaban J connectivity index is 1.37. The molecule has 188 valence electrons. The highest BCUT2D eigenvalue weighted by Crippen LogP contribution is 2.28. The van der Waals surface area contributed by atoms with E-state index in [-0.39, 0.29) is 11.6 Å². The van der Waals surface area contributed by atoms with E-state index in [2.05, 4.69) is 4.98 Å². The Bertz CT molecular complexity index is 1400. The zero-order valence-corrected chi connectivity index (χ0v) is 20.4. The molecular weight excluding hydrogens is 472 g/mol. The van der Waals surface area contributed by atoms with Gasteiger partial charge in [-0.2, -0.15) is 5.10 Å². The Hall–Kier alpha value is -4.73. The summed E-state index contributed by atoms with van der Waals surface area (Å²) in [5.74, 6) is 1.26. The average molecular weight is 499 g/mol. The lowest BCUT2D eigenvalue weighted by Gasteiger charge is -2.35. The van der Waals surface area contributed by atoms with E-state index in [9.17, 15) is 14.9 Å². The number of amides is 1. The van der Waals surface area contributed by atoms with Gasteiger partial charge in [0, 0.05) is 44.0 Å². The molecule has 37 heavy (non-hydrogen) atoms. The van der Waals surface area contributed by atoms with E-state index in [0.29, 0.717) is 55.5 Å². The minimum Gasteiger partial charge on any atom is -0.497 e. The lowest BCUT2D eigenvalue weighted by Crippen LogP contribution is -2.49. The van der Waals surface area contributed by atoms with E-state index in [0.717, 1.165) is 11.1 Å². The van der Waals surface area contributed by atoms with Crippen molar-refractivity contribution < 1.29 is 14.5 Å². The Labute approximate surface area is 213 Å². The summed E-state index contributed by atoms with van der Waals surface area (Å²) in [5, 5.41) is 15.7. The van der Waals surface area contributed by atoms with Gasteiger partial charge in [-0.1, -0.05) is 42.5 Å². The molecule has 0 atom stereocenters. The molecule has 1 aliphatic heterocycles. The molecule has 4 aromatic rings. The number of pyridine rings is 1. The number of hydrogen-bond acceptors (Lipinski definition) is 7. The molecular formula is C27H26N6O4. The molecule has 0 saturated carbocycles. The molecule has 5 rings (SSSR count). The molecule has 10 nitrogen and oxygen atoms in total. The Morgan fingerprint density at radius 1 is 1.03 bits per heavy atom. The minimum absolute atomic E-state index is 0.0462. The molecule has 0 N–H and O–H groups in total. The van der Waals surface area contributed by atoms with Crippen LogP contribution >= 0.6 is 0 Å². The van der Waals surface area contributed by atoms with Crippen LogP contribution in [0, 0.1) is 10.1 Å². The van der Waals surface area contributed by atoms with Crippen molar-refractivity contribution in [3.05, 3.63) is 100 Å². The summed E-state index contributed by atoms with van der Waals surface area (Å²) in [6, 6.07) is 20.6. The average Bonchev–Trinajstić information content (AvgIpc) is 3.37. The van der Waals surface area contributed by atoms with Gasteiger partial charge in [-0.15, -0.1) is 0 Å². The SMILES string of the molecule is COc1cccc(-c2nn(Cc3ccccc3)cc2C(=O)N2CCN(c3ccc([N+](=O)[O-])cn3)CC2)c1. The number of ether oxygens (including phenoxy) is 1. The van der Waals surface area contributed by atoms with Gasteiger partial charge in [0.05, 0.1) is 24.1 Å². The molecule has 1 amide bonds. The third-order valence-electron chi connectivity index (χ3n) is 6.36. The lowest BCUT2D eigenvalue weighted by molar-refractivity contribution is -0.385. The van der Waals surface area contributed by atoms with Crippen LogP contribution in [0.15, 0.2) is 79.1 Å². The second-order valence-electron chi connectivity index (χ2n) is 8.72. The van der Waals surface area contributed by atoms with Crippen LogP contribution in [-0.4, -0.2) is 63.8 Å². The first-order valence-electron chi connectivity index (χ1n) is 11.9. The van der Waals surface area contributed by atoms with Crippen LogP contribution in [0.3, 0.4) is 0 Å². The number of piperazine rings is 1. The molecule has 1 fully saturated rings. The highest BCUT2D eigenvalue weighted by Gasteiger charge is 2.27. The zero-order chi connectivity index (χ0) is 25.8. The Morgan fingerprint density at radius 3 is 2.49 bits per heavy atom. The van der Waals surface area contributed by atoms with Crippen molar-refractivity contribution in [1.29, 1.82) is 0 Å². The van der Waals surface area contributed by atoms with Crippen molar-refractivity contribution >= 4 is 17.4 Å². The number of hydrogen-bond donors (Lipinski definition) is 0. The molecule has 2 aromatic carbocycles. The van der Waals surface area contributed by atoms with E-state index >= 15 is 0 Å². The second kappa shape index (κ2) is 10.5. The van der Waals surface area contributed by atoms with Gasteiger partial charge in [-0.05, 0) is 23.8 Å². The molecule has 0 spiro atoms. The smallest absolute Gasteiger partial charge is 0.287 e. The monoisotopic (exact) mass is 498 g/mol. The second-order valence-corrected chi connectivity index (χ2v) is 8.72. The maximum absolute atomic E-state index is 13.7. The molecule has 1 aliphatic rings. The van der Waals surface area contributed by atoms with Crippen molar-refractivity contribution in [3.63, 3.8) is 0 Å². The van der Waals surface area contributed by atoms with E-state index < -0.39 is 4.92 Å². The van der Waals surface area contributed by atoms with Crippen molar-refractivity contribution in [2.75, 3.05) is 38.2 Å². The summed E-state index contributed by atoms with van der Waals surface area (Å²) >= 11 is 0. The fourth-order valence-corrected chi connectivity index (χ4v) is 4.40. The first-order chi connectivity index (χ1) is 18.0. The van der Waals surface area contributed by atoms with E-state index in [1.54, 1.807) is 17.9 Å². The molecule has 3 heterocycles. The number of nitro groups is 1. The number of rotatable bonds is 7. The topological polar surface area (TPSA) is 107 Å². The Morgan fingerprint density at radius 2 is 1.81 bits per heavy atom. The van der Waals surface area contributed by atoms with E-state index in [1.165, 1.54) is 12.3 Å². The number of aromatic nitrogens is 3. The summed E-state index contributed by atoms with van der Waals surface area (Å²) in [6.07, 6.45) is 3.07. The standard InChI is InChI=1S/C27H26N6O4/c1-37-23-9-5-8-21(16-23)26-24(19-32(29-26)18-20-6-3-2-4-7-20)27(34)31-14-12-30(13-15-31)25-11-10-22(17-28-25)33(35)36/h2-11,16-17,19H,12-15,18H2,1H3. The van der Waals surface area contributed by atoms with Crippen molar-refractivity contribution in [2.45, 2.75) is 6.54 Å². The summed E-state index contributed by atoms with van der Waals surface area (Å²) in [5.41, 5.74) is 2.99. The summed E-state index contributed by atoms with van der Waals surface area (Å²) in [7, 11) is 1.61. The lowest BCUT2D eigenvalue weighted by atomic mass is 10.1. The van der Waals surface area contributed by atoms with Gasteiger partial charge in [-0.25, -0.2) is 4.98 Å². The third kappa shape index (κ3) is 5.27. The number of carbonyl (C=O) groups is 1. The quantitative estimate of drug-likeness (QED) is 0.281. The van der Waals surface area contributed by atoms with Crippen LogP contribution in [-0.2, 0) is 6.54 Å². The fourth-order valence-electron chi connectivity index (χ4n) is 4.40. The van der Waals surface area contributed by atoms with Gasteiger partial charge in [0.25, 0.3) is 11.6 Å². The highest BCUT2D eigenvalue weighted by atomic mass is 16.6. The molecule has 0 radical (unpaired) electrons. The first-order valence-corrected chi connectivity index (χ1v) is 11.9. The summed E-state index contributed by atoms with van der Waals surface area (Å²) in [4.78, 5) is 32.2. The van der Waals surface area contributed by atoms with Gasteiger partial charge in [0.2, 0.25) is 0 Å². The predicted octanol–water partition coefficient (Wildman–Crippen LogP) is 3.87. The van der Waals surface area contributed by atoms with Crippen LogP contribution in [0.25, 0.3) is 11.3 Å². The third-order valence-corrected chi connectivity index (χ3v) is 6.36. The van der Waals surface area contributed by atoms with Gasteiger partial charge < -0.3 is 14.5 Å². The Kier molecular flexibility index (Phi) is 6.80. The predicted molar refractivity (Wildman–Crippen MR) is 139 cm³/mol. The van der Waals surface area contributed by atoms with Crippen LogP contribution < -0.4 is 9.64 Å². The minimum atomic E-state index is -0.467. The number of nitrogens with zero attached hydrogens (tertiary/aromatic N) is 6. The summed E-state index contributed by atoms with van der Waals surface area (Å²) < 4.78 is 7.19. The van der Waals surface area contributed by atoms with Crippen LogP contribution in [0.2, 0.25) is 0 Å². The van der Waals surface area contributed by atoms with E-state index in [4.69, 9.17) is 9.84 Å². The van der Waals surface area contributed by atoms with Gasteiger partial charge in [0.15, 0.2) is 0 Å². The van der Waals surface area contributed by atoms with Crippen molar-refractivity contribution in [1.82, 2.24) is 19.7 Å². The first kappa shape index (κ1) is 24.0. The molecule has 2 aromatic heterocycles. The zero-order valence-electron chi connectivity index (χ0n) is 20.4. The molecule has 0 bridgehead atoms. The number of anilines is 1. The van der Waals surface area contributed by atoms with Gasteiger partial charge in [-0.3, -0.25) is 19.6 Å². The summed E-state index contributed by atoms with van der Waals surface area (Å²) in [6.45, 7) is 2.69. The van der Waals surface area contributed by atoms with E-state index in [1.807, 2.05) is 70.6 Å². The fraction of sp³-hybridized carbons (Fsp3) is 0.222. The molecule has 1 saturated heterocycles. The van der Waals surface area contributed by atoms with Crippen LogP contribution in [0.1, 0.15) is 15.9 Å². The maximum atomic E-state index is 13.7. The van der Waals surface area contributed by atoms with Gasteiger partial charge >= 0.3 is 0 Å². The largest absolute Gasteiger partial charge is 0.497 e. The van der Waals surface area contributed by atoms with Crippen LogP contribution in [0.4, 0.5) is 11.5 Å². The number of benzene rings is 2. The van der Waals surface area contributed by atoms with Crippen molar-refractivity contribution in [3.8, 4) is 17.0 Å². The van der Waals surface area contributed by atoms with Crippen molar-refractivity contribution in [2.24, 2.45) is 0 Å². The highest BCUT2D eigenvalue weighted by molar-refractivity contribution is 6.00. The normalized spacial score (nSPS) is 13.4. The molecule has 10 heteroatoms. The number of methoxy groups -OCH3 is 1. The maximum Gasteiger partial charge on any atom is 0.287 e. The van der Waals surface area contributed by atoms with Gasteiger partial charge in [0.1, 0.15) is 23.5 Å².